The van der Waals surface area contributed by atoms with E-state index in [1.54, 1.807) is 0 Å². The summed E-state index contributed by atoms with van der Waals surface area (Å²) >= 11 is 7.28. The third-order valence-corrected chi connectivity index (χ3v) is 2.85. The van der Waals surface area contributed by atoms with Crippen molar-refractivity contribution in [2.45, 2.75) is 31.7 Å². The predicted octanol–water partition coefficient (Wildman–Crippen LogP) is 2.88. The number of carbonyl (C=O) groups is 1. The summed E-state index contributed by atoms with van der Waals surface area (Å²) in [5.41, 5.74) is 0. The van der Waals surface area contributed by atoms with E-state index in [0.29, 0.717) is 0 Å². The number of amides is 1. The fraction of sp³-hybridized carbons (Fsp3) is 0.500. The third kappa shape index (κ3) is 3.68. The molecule has 0 aromatic carbocycles. The van der Waals surface area contributed by atoms with E-state index in [9.17, 15) is 4.79 Å². The van der Waals surface area contributed by atoms with Crippen LogP contribution in [0.4, 0.5) is 0 Å². The van der Waals surface area contributed by atoms with Gasteiger partial charge in [0.25, 0.3) is 5.91 Å². The fourth-order valence-corrected chi connectivity index (χ4v) is 2.14. The Kier molecular flexibility index (Phi) is 4.42. The molecule has 14 heavy (non-hydrogen) atoms. The molecular weight excluding hydrogens is 218 g/mol. The largest absolute Gasteiger partial charge is 0.349 e. The molecule has 2 nitrogen and oxygen atoms in total. The zero-order valence-corrected chi connectivity index (χ0v) is 9.86. The number of carbonyl (C=O) groups excluding carboxylic acids is 1. The third-order valence-electron chi connectivity index (χ3n) is 1.80. The van der Waals surface area contributed by atoms with Gasteiger partial charge in [0.1, 0.15) is 0 Å². The first-order valence-electron chi connectivity index (χ1n) is 4.58. The molecule has 0 fully saturated rings. The van der Waals surface area contributed by atoms with E-state index in [-0.39, 0.29) is 17.3 Å². The highest BCUT2D eigenvalue weighted by Crippen LogP contribution is 2.10. The van der Waals surface area contributed by atoms with Crippen molar-refractivity contribution in [3.05, 3.63) is 22.4 Å². The molecule has 1 aromatic rings. The van der Waals surface area contributed by atoms with Crippen LogP contribution in [0.2, 0.25) is 0 Å². The molecule has 1 rings (SSSR count). The number of nitrogens with one attached hydrogen (secondary N) is 1. The van der Waals surface area contributed by atoms with E-state index in [1.807, 2.05) is 31.4 Å². The summed E-state index contributed by atoms with van der Waals surface area (Å²) in [6, 6.07) is 3.81. The van der Waals surface area contributed by atoms with Crippen LogP contribution in [0.3, 0.4) is 0 Å². The average Bonchev–Trinajstić information content (AvgIpc) is 2.53. The molecule has 0 aliphatic rings. The second-order valence-corrected chi connectivity index (χ2v) is 5.06. The van der Waals surface area contributed by atoms with Gasteiger partial charge in [-0.3, -0.25) is 4.79 Å². The van der Waals surface area contributed by atoms with Crippen LogP contribution in [0.1, 0.15) is 29.9 Å². The summed E-state index contributed by atoms with van der Waals surface area (Å²) in [6.45, 7) is 3.89. The van der Waals surface area contributed by atoms with E-state index >= 15 is 0 Å². The Morgan fingerprint density at radius 1 is 1.64 bits per heavy atom. The summed E-state index contributed by atoms with van der Waals surface area (Å²) in [7, 11) is 0. The molecular formula is C10H14ClNOS. The van der Waals surface area contributed by atoms with Crippen molar-refractivity contribution in [1.29, 1.82) is 0 Å². The zero-order chi connectivity index (χ0) is 10.6. The highest BCUT2D eigenvalue weighted by atomic mass is 35.5. The average molecular weight is 232 g/mol. The van der Waals surface area contributed by atoms with Crippen molar-refractivity contribution in [3.63, 3.8) is 0 Å². The van der Waals surface area contributed by atoms with E-state index in [1.165, 1.54) is 11.3 Å². The molecule has 0 bridgehead atoms. The SMILES string of the molecule is CC(Cl)CC(C)NC(=O)c1cccs1. The second-order valence-electron chi connectivity index (χ2n) is 3.37. The van der Waals surface area contributed by atoms with Crippen molar-refractivity contribution in [2.75, 3.05) is 0 Å². The lowest BCUT2D eigenvalue weighted by molar-refractivity contribution is 0.0942. The van der Waals surface area contributed by atoms with E-state index in [2.05, 4.69) is 5.32 Å². The Morgan fingerprint density at radius 2 is 2.36 bits per heavy atom. The zero-order valence-electron chi connectivity index (χ0n) is 8.29. The summed E-state index contributed by atoms with van der Waals surface area (Å²) in [6.07, 6.45) is 0.790. The molecule has 1 N–H and O–H groups in total. The highest BCUT2D eigenvalue weighted by Gasteiger charge is 2.11. The number of hydrogen-bond donors (Lipinski definition) is 1. The van der Waals surface area contributed by atoms with Crippen LogP contribution in [-0.2, 0) is 0 Å². The molecule has 0 radical (unpaired) electrons. The summed E-state index contributed by atoms with van der Waals surface area (Å²) < 4.78 is 0. The van der Waals surface area contributed by atoms with Crippen molar-refractivity contribution in [1.82, 2.24) is 5.32 Å². The molecule has 1 aromatic heterocycles. The lowest BCUT2D eigenvalue weighted by atomic mass is 10.2. The van der Waals surface area contributed by atoms with Crippen LogP contribution in [0.25, 0.3) is 0 Å². The Balaban J connectivity index is 2.41. The van der Waals surface area contributed by atoms with Gasteiger partial charge in [-0.2, -0.15) is 0 Å². The minimum absolute atomic E-state index is 0.00943. The van der Waals surface area contributed by atoms with E-state index in [4.69, 9.17) is 11.6 Å². The first-order valence-corrected chi connectivity index (χ1v) is 5.89. The lowest BCUT2D eigenvalue weighted by Crippen LogP contribution is -2.33. The fourth-order valence-electron chi connectivity index (χ4n) is 1.25. The molecule has 0 aliphatic heterocycles. The van der Waals surface area contributed by atoms with Crippen LogP contribution in [0.5, 0.6) is 0 Å². The monoisotopic (exact) mass is 231 g/mol. The molecule has 0 saturated carbocycles. The van der Waals surface area contributed by atoms with Gasteiger partial charge in [0.2, 0.25) is 0 Å². The minimum atomic E-state index is -0.00943. The smallest absolute Gasteiger partial charge is 0.261 e. The first kappa shape index (κ1) is 11.5. The van der Waals surface area contributed by atoms with Crippen LogP contribution in [0, 0.1) is 0 Å². The molecule has 4 heteroatoms. The topological polar surface area (TPSA) is 29.1 Å². The Hall–Kier alpha value is -0.540. The van der Waals surface area contributed by atoms with Crippen LogP contribution < -0.4 is 5.32 Å². The molecule has 0 aliphatic carbocycles. The quantitative estimate of drug-likeness (QED) is 0.794. The van der Waals surface area contributed by atoms with Gasteiger partial charge in [0.05, 0.1) is 4.88 Å². The second kappa shape index (κ2) is 5.37. The lowest BCUT2D eigenvalue weighted by Gasteiger charge is -2.14. The number of hydrogen-bond acceptors (Lipinski definition) is 2. The van der Waals surface area contributed by atoms with Crippen molar-refractivity contribution < 1.29 is 4.79 Å². The minimum Gasteiger partial charge on any atom is -0.349 e. The van der Waals surface area contributed by atoms with Crippen molar-refractivity contribution in [2.24, 2.45) is 0 Å². The summed E-state index contributed by atoms with van der Waals surface area (Å²) in [5.74, 6) is -0.00943. The maximum atomic E-state index is 11.6. The molecule has 2 atom stereocenters. The molecule has 0 saturated heterocycles. The van der Waals surface area contributed by atoms with Gasteiger partial charge in [0, 0.05) is 11.4 Å². The van der Waals surface area contributed by atoms with Gasteiger partial charge in [-0.1, -0.05) is 6.07 Å². The normalized spacial score (nSPS) is 14.8. The Bertz CT molecular complexity index is 284. The van der Waals surface area contributed by atoms with Crippen molar-refractivity contribution >= 4 is 28.8 Å². The van der Waals surface area contributed by atoms with E-state index < -0.39 is 0 Å². The van der Waals surface area contributed by atoms with E-state index in [0.717, 1.165) is 11.3 Å². The van der Waals surface area contributed by atoms with Crippen molar-refractivity contribution in [3.8, 4) is 0 Å². The van der Waals surface area contributed by atoms with Crippen LogP contribution in [0.15, 0.2) is 17.5 Å². The predicted molar refractivity (Wildman–Crippen MR) is 61.2 cm³/mol. The van der Waals surface area contributed by atoms with Crippen LogP contribution in [-0.4, -0.2) is 17.3 Å². The molecule has 1 amide bonds. The van der Waals surface area contributed by atoms with Gasteiger partial charge in [-0.05, 0) is 31.7 Å². The maximum absolute atomic E-state index is 11.6. The van der Waals surface area contributed by atoms with Gasteiger partial charge in [0.15, 0.2) is 0 Å². The first-order chi connectivity index (χ1) is 6.59. The van der Waals surface area contributed by atoms with Crippen LogP contribution >= 0.6 is 22.9 Å². The maximum Gasteiger partial charge on any atom is 0.261 e. The summed E-state index contributed by atoms with van der Waals surface area (Å²) in [5, 5.41) is 4.88. The number of rotatable bonds is 4. The molecule has 1 heterocycles. The molecule has 78 valence electrons. The Labute approximate surface area is 93.3 Å². The number of alkyl halides is 1. The number of thiophene rings is 1. The van der Waals surface area contributed by atoms with Gasteiger partial charge in [-0.25, -0.2) is 0 Å². The highest BCUT2D eigenvalue weighted by molar-refractivity contribution is 7.12. The standard InChI is InChI=1S/C10H14ClNOS/c1-7(11)6-8(2)12-10(13)9-4-3-5-14-9/h3-5,7-8H,6H2,1-2H3,(H,12,13). The van der Waals surface area contributed by atoms with Gasteiger partial charge >= 0.3 is 0 Å². The molecule has 0 spiro atoms. The Morgan fingerprint density at radius 3 is 2.86 bits per heavy atom. The van der Waals surface area contributed by atoms with Gasteiger partial charge in [-0.15, -0.1) is 22.9 Å². The number of halogens is 1. The van der Waals surface area contributed by atoms with Gasteiger partial charge < -0.3 is 5.32 Å². The molecule has 2 unspecified atom stereocenters. The summed E-state index contributed by atoms with van der Waals surface area (Å²) in [4.78, 5) is 12.3.